The Morgan fingerprint density at radius 3 is 0.796 bits per heavy atom. The maximum atomic E-state index is 2.57. The molecule has 1 heterocycles. The summed E-state index contributed by atoms with van der Waals surface area (Å²) in [5.41, 5.74) is 27.6. The van der Waals surface area contributed by atoms with Crippen molar-refractivity contribution < 1.29 is 0 Å². The van der Waals surface area contributed by atoms with Crippen LogP contribution in [0.15, 0.2) is 206 Å². The summed E-state index contributed by atoms with van der Waals surface area (Å²) in [6, 6.07) is 81.4. The highest BCUT2D eigenvalue weighted by molar-refractivity contribution is 6.27. The van der Waals surface area contributed by atoms with Gasteiger partial charge in [-0.15, -0.1) is 0 Å². The highest BCUT2D eigenvalue weighted by Gasteiger charge is 2.29. The predicted octanol–water partition coefficient (Wildman–Crippen LogP) is 28.2. The third-order valence-electron chi connectivity index (χ3n) is 21.1. The van der Waals surface area contributed by atoms with Crippen LogP contribution in [0.25, 0.3) is 104 Å². The third-order valence-corrected chi connectivity index (χ3v) is 21.1. The molecule has 0 unspecified atom stereocenters. The van der Waals surface area contributed by atoms with E-state index in [1.165, 1.54) is 149 Å². The smallest absolute Gasteiger partial charge is 0.0541 e. The van der Waals surface area contributed by atoms with Gasteiger partial charge in [0.1, 0.15) is 0 Å². The molecule has 0 fully saturated rings. The van der Waals surface area contributed by atoms with Crippen LogP contribution in [0.5, 0.6) is 0 Å². The van der Waals surface area contributed by atoms with Crippen molar-refractivity contribution in [1.29, 1.82) is 0 Å². The van der Waals surface area contributed by atoms with Crippen molar-refractivity contribution in [3.05, 3.63) is 251 Å². The van der Waals surface area contributed by atoms with Gasteiger partial charge < -0.3 is 9.47 Å². The van der Waals surface area contributed by atoms with Gasteiger partial charge in [-0.25, -0.2) is 0 Å². The minimum Gasteiger partial charge on any atom is -0.310 e. The van der Waals surface area contributed by atoms with Crippen molar-refractivity contribution in [1.82, 2.24) is 4.57 Å². The van der Waals surface area contributed by atoms with Crippen LogP contribution in [0.2, 0.25) is 0 Å². The summed E-state index contributed by atoms with van der Waals surface area (Å²) < 4.78 is 2.57. The minimum atomic E-state index is -0.0169. The van der Waals surface area contributed by atoms with Crippen LogP contribution in [0.3, 0.4) is 0 Å². The zero-order chi connectivity index (χ0) is 70.5. The molecule has 500 valence electrons. The van der Waals surface area contributed by atoms with Gasteiger partial charge in [0, 0.05) is 32.9 Å². The molecule has 0 N–H and O–H groups in total. The molecule has 0 amide bonds. The maximum Gasteiger partial charge on any atom is 0.0541 e. The Labute approximate surface area is 587 Å². The Hall–Kier alpha value is -8.72. The first-order valence-corrected chi connectivity index (χ1v) is 36.0. The Morgan fingerprint density at radius 2 is 0.480 bits per heavy atom. The molecule has 0 spiro atoms. The number of fused-ring (bicyclic) bond motifs is 3. The lowest BCUT2D eigenvalue weighted by Crippen LogP contribution is -2.16. The fourth-order valence-corrected chi connectivity index (χ4v) is 14.5. The number of rotatable bonds is 8. The van der Waals surface area contributed by atoms with E-state index >= 15 is 0 Å². The molecule has 1 aromatic heterocycles. The second-order valence-electron chi connectivity index (χ2n) is 37.0. The quantitative estimate of drug-likeness (QED) is 0.138. The van der Waals surface area contributed by atoms with E-state index in [4.69, 9.17) is 0 Å². The summed E-state index contributed by atoms with van der Waals surface area (Å²) in [5.74, 6) is 0. The molecule has 98 heavy (non-hydrogen) atoms. The molecule has 13 aromatic rings. The second-order valence-corrected chi connectivity index (χ2v) is 37.0. The van der Waals surface area contributed by atoms with Crippen molar-refractivity contribution in [2.75, 3.05) is 4.90 Å². The van der Waals surface area contributed by atoms with Crippen LogP contribution >= 0.6 is 0 Å². The molecule has 13 rings (SSSR count). The number of hydrogen-bond donors (Lipinski definition) is 0. The molecule has 0 atom stereocenters. The highest BCUT2D eigenvalue weighted by Crippen LogP contribution is 2.49. The number of aromatic nitrogens is 1. The molecule has 0 bridgehead atoms. The topological polar surface area (TPSA) is 8.17 Å². The minimum absolute atomic E-state index is 0.00173. The zero-order valence-corrected chi connectivity index (χ0v) is 63.5. The van der Waals surface area contributed by atoms with E-state index in [1.54, 1.807) is 0 Å². The Bertz CT molecular complexity index is 4850. The highest BCUT2D eigenvalue weighted by atomic mass is 15.1. The summed E-state index contributed by atoms with van der Waals surface area (Å²) >= 11 is 0. The molecule has 0 radical (unpaired) electrons. The van der Waals surface area contributed by atoms with E-state index in [-0.39, 0.29) is 43.3 Å². The molecule has 2 nitrogen and oxygen atoms in total. The lowest BCUT2D eigenvalue weighted by Gasteiger charge is -2.29. The average molecular weight is 1290 g/mol. The molecular weight excluding hydrogens is 1180 g/mol. The first-order chi connectivity index (χ1) is 45.6. The molecule has 0 aliphatic carbocycles. The SMILES string of the molecule is CC(C)(C)c1cc(-c2ccc(N(c3ccc(-c4cc(C(C)(C)C)cc(C(C)(C)C)c4)cc3)c3ccc4ccc5c(-n6c7ccc(-c8cc(C(C)(C)C)cc(C(C)(C)C)c8)cc7c7cc(-c8cc(C(C)(C)C)cc(C(C)(C)C)c8)ccc76)ccc6ccc3c4c65)cc2)cc(C(C)(C)C)c1. The molecule has 0 aliphatic rings. The van der Waals surface area contributed by atoms with E-state index < -0.39 is 0 Å². The fourth-order valence-electron chi connectivity index (χ4n) is 14.5. The van der Waals surface area contributed by atoms with Gasteiger partial charge >= 0.3 is 0 Å². The first-order valence-electron chi connectivity index (χ1n) is 36.0. The van der Waals surface area contributed by atoms with Crippen LogP contribution in [0.1, 0.15) is 211 Å². The number of anilines is 3. The normalized spacial score (nSPS) is 13.3. The van der Waals surface area contributed by atoms with E-state index in [2.05, 4.69) is 382 Å². The van der Waals surface area contributed by atoms with Gasteiger partial charge in [0.2, 0.25) is 0 Å². The summed E-state index contributed by atoms with van der Waals surface area (Å²) in [6.07, 6.45) is 0. The Morgan fingerprint density at radius 1 is 0.214 bits per heavy atom. The Kier molecular flexibility index (Phi) is 16.2. The van der Waals surface area contributed by atoms with Gasteiger partial charge in [-0.2, -0.15) is 0 Å². The molecular formula is C96H106N2. The largest absolute Gasteiger partial charge is 0.310 e. The fraction of sp³-hybridized carbons (Fsp3) is 0.333. The van der Waals surface area contributed by atoms with Gasteiger partial charge in [0.15, 0.2) is 0 Å². The van der Waals surface area contributed by atoms with Crippen LogP contribution < -0.4 is 4.90 Å². The van der Waals surface area contributed by atoms with E-state index in [0.29, 0.717) is 0 Å². The van der Waals surface area contributed by atoms with Crippen molar-refractivity contribution in [2.24, 2.45) is 0 Å². The van der Waals surface area contributed by atoms with Gasteiger partial charge in [-0.05, 0) is 215 Å². The van der Waals surface area contributed by atoms with Gasteiger partial charge in [-0.3, -0.25) is 0 Å². The van der Waals surface area contributed by atoms with E-state index in [9.17, 15) is 0 Å². The Balaban J connectivity index is 1.03. The van der Waals surface area contributed by atoms with Crippen LogP contribution in [-0.2, 0) is 43.3 Å². The molecule has 0 saturated carbocycles. The summed E-state index contributed by atoms with van der Waals surface area (Å²) in [7, 11) is 0. The van der Waals surface area contributed by atoms with Crippen LogP contribution in [0, 0.1) is 0 Å². The predicted molar refractivity (Wildman–Crippen MR) is 431 cm³/mol. The zero-order valence-electron chi connectivity index (χ0n) is 63.5. The molecule has 0 saturated heterocycles. The van der Waals surface area contributed by atoms with E-state index in [1.807, 2.05) is 0 Å². The van der Waals surface area contributed by atoms with Crippen molar-refractivity contribution >= 4 is 71.2 Å². The molecule has 2 heteroatoms. The van der Waals surface area contributed by atoms with Gasteiger partial charge in [0.05, 0.1) is 22.4 Å². The lowest BCUT2D eigenvalue weighted by molar-refractivity contribution is 0.568. The van der Waals surface area contributed by atoms with Crippen molar-refractivity contribution in [3.8, 4) is 50.2 Å². The standard InChI is InChI=1S/C96H106N2/c1-89(2,3)69-45-65(46-70(55-69)90(4,5)6)59-25-35-77(36-26-59)97(78-37-27-60(28-38-78)66-47-71(91(7,8)9)56-72(48-66)92(10,11)12)83-41-31-61-30-40-80-84(42-32-62-29-39-79(83)87(61)88(62)80)98-85-43-33-63(67-49-73(93(13,14)15)57-74(50-67)94(16,17)18)53-81(85)82-54-64(34-44-86(82)98)68-51-75(95(19,20)21)58-76(52-68)96(22,23)24/h25-58H,1-24H3. The summed E-state index contributed by atoms with van der Waals surface area (Å²) in [5, 5.41) is 9.92. The first kappa shape index (κ1) is 67.8. The summed E-state index contributed by atoms with van der Waals surface area (Å²) in [4.78, 5) is 2.50. The number of nitrogens with zero attached hydrogens (tertiary/aromatic N) is 2. The second kappa shape index (κ2) is 23.5. The van der Waals surface area contributed by atoms with Gasteiger partial charge in [-0.1, -0.05) is 312 Å². The molecule has 0 aliphatic heterocycles. The average Bonchev–Trinajstić information content (AvgIpc) is 1.37. The lowest BCUT2D eigenvalue weighted by atomic mass is 9.78. The summed E-state index contributed by atoms with van der Waals surface area (Å²) in [6.45, 7) is 56.0. The number of benzene rings is 12. The van der Waals surface area contributed by atoms with Crippen LogP contribution in [-0.4, -0.2) is 4.57 Å². The van der Waals surface area contributed by atoms with Crippen LogP contribution in [0.4, 0.5) is 17.1 Å². The number of hydrogen-bond acceptors (Lipinski definition) is 1. The van der Waals surface area contributed by atoms with Crippen molar-refractivity contribution in [2.45, 2.75) is 209 Å². The monoisotopic (exact) mass is 1290 g/mol. The van der Waals surface area contributed by atoms with E-state index in [0.717, 1.165) is 17.1 Å². The third kappa shape index (κ3) is 12.8. The maximum absolute atomic E-state index is 2.57. The van der Waals surface area contributed by atoms with Gasteiger partial charge in [0.25, 0.3) is 0 Å². The molecule has 12 aromatic carbocycles. The van der Waals surface area contributed by atoms with Crippen molar-refractivity contribution in [3.63, 3.8) is 0 Å².